The molecule has 0 amide bonds. The van der Waals surface area contributed by atoms with Gasteiger partial charge in [0, 0.05) is 12.6 Å². The Labute approximate surface area is 130 Å². The number of halogens is 1. The Hall–Kier alpha value is -2.22. The van der Waals surface area contributed by atoms with Gasteiger partial charge in [0.2, 0.25) is 0 Å². The number of carbonyl (C=O) groups is 1. The first-order chi connectivity index (χ1) is 10.4. The quantitative estimate of drug-likeness (QED) is 0.852. The molecule has 1 aromatic carbocycles. The minimum atomic E-state index is -1.16. The van der Waals surface area contributed by atoms with Gasteiger partial charge in [-0.1, -0.05) is 0 Å². The standard InChI is InChI=1S/C14H15FN2O4S/c1-17-10(6-9(16-17)14(18)19)7-5-8(15)13(22-4)12(21-3)11(7)20-2/h5-6H,1-4H3,(H,18,19). The molecule has 22 heavy (non-hydrogen) atoms. The van der Waals surface area contributed by atoms with Crippen LogP contribution in [0.25, 0.3) is 11.3 Å². The van der Waals surface area contributed by atoms with Crippen molar-refractivity contribution in [3.05, 3.63) is 23.6 Å². The Balaban J connectivity index is 2.75. The van der Waals surface area contributed by atoms with Gasteiger partial charge in [0.15, 0.2) is 17.2 Å². The lowest BCUT2D eigenvalue weighted by atomic mass is 10.1. The minimum Gasteiger partial charge on any atom is -0.492 e. The molecule has 2 rings (SSSR count). The topological polar surface area (TPSA) is 73.6 Å². The van der Waals surface area contributed by atoms with E-state index in [0.29, 0.717) is 21.9 Å². The number of methoxy groups -OCH3 is 2. The summed E-state index contributed by atoms with van der Waals surface area (Å²) >= 11 is 1.20. The Bertz CT molecular complexity index is 730. The van der Waals surface area contributed by atoms with Crippen molar-refractivity contribution in [1.29, 1.82) is 0 Å². The zero-order valence-corrected chi connectivity index (χ0v) is 13.3. The lowest BCUT2D eigenvalue weighted by Gasteiger charge is -2.16. The summed E-state index contributed by atoms with van der Waals surface area (Å²) in [6.07, 6.45) is 1.73. The van der Waals surface area contributed by atoms with E-state index in [1.54, 1.807) is 13.3 Å². The first-order valence-electron chi connectivity index (χ1n) is 6.20. The summed E-state index contributed by atoms with van der Waals surface area (Å²) in [5.41, 5.74) is 0.657. The summed E-state index contributed by atoms with van der Waals surface area (Å²) in [5, 5.41) is 12.9. The van der Waals surface area contributed by atoms with E-state index in [1.807, 2.05) is 0 Å². The van der Waals surface area contributed by atoms with Crippen LogP contribution in [-0.4, -0.2) is 41.3 Å². The van der Waals surface area contributed by atoms with Gasteiger partial charge in [0.25, 0.3) is 0 Å². The van der Waals surface area contributed by atoms with E-state index < -0.39 is 11.8 Å². The molecule has 0 spiro atoms. The van der Waals surface area contributed by atoms with Gasteiger partial charge in [0.1, 0.15) is 5.82 Å². The van der Waals surface area contributed by atoms with Crippen molar-refractivity contribution in [3.63, 3.8) is 0 Å². The molecule has 1 heterocycles. The van der Waals surface area contributed by atoms with Crippen molar-refractivity contribution in [3.8, 4) is 22.8 Å². The van der Waals surface area contributed by atoms with Crippen LogP contribution >= 0.6 is 11.8 Å². The number of aryl methyl sites for hydroxylation is 1. The molecule has 1 aromatic heterocycles. The van der Waals surface area contributed by atoms with Crippen LogP contribution in [0.4, 0.5) is 4.39 Å². The largest absolute Gasteiger partial charge is 0.492 e. The van der Waals surface area contributed by atoms with Crippen LogP contribution in [0, 0.1) is 5.82 Å². The number of thioether (sulfide) groups is 1. The number of benzene rings is 1. The molecule has 8 heteroatoms. The Kier molecular flexibility index (Phi) is 4.60. The van der Waals surface area contributed by atoms with Gasteiger partial charge >= 0.3 is 5.97 Å². The lowest BCUT2D eigenvalue weighted by Crippen LogP contribution is -2.01. The number of ether oxygens (including phenoxy) is 2. The summed E-state index contributed by atoms with van der Waals surface area (Å²) < 4.78 is 26.3. The molecule has 0 saturated carbocycles. The van der Waals surface area contributed by atoms with Crippen molar-refractivity contribution in [1.82, 2.24) is 9.78 Å². The van der Waals surface area contributed by atoms with Gasteiger partial charge in [-0.15, -0.1) is 11.8 Å². The lowest BCUT2D eigenvalue weighted by molar-refractivity contribution is 0.0689. The Morgan fingerprint density at radius 1 is 1.32 bits per heavy atom. The molecule has 0 fully saturated rings. The van der Waals surface area contributed by atoms with Crippen molar-refractivity contribution in [2.45, 2.75) is 4.90 Å². The fourth-order valence-corrected chi connectivity index (χ4v) is 2.80. The van der Waals surface area contributed by atoms with E-state index in [9.17, 15) is 9.18 Å². The molecule has 0 atom stereocenters. The monoisotopic (exact) mass is 326 g/mol. The summed E-state index contributed by atoms with van der Waals surface area (Å²) in [6, 6.07) is 2.65. The number of aromatic nitrogens is 2. The third-order valence-corrected chi connectivity index (χ3v) is 3.92. The van der Waals surface area contributed by atoms with Gasteiger partial charge in [-0.25, -0.2) is 9.18 Å². The highest BCUT2D eigenvalue weighted by Gasteiger charge is 2.23. The molecule has 2 aromatic rings. The van der Waals surface area contributed by atoms with Gasteiger partial charge < -0.3 is 14.6 Å². The molecule has 118 valence electrons. The van der Waals surface area contributed by atoms with Gasteiger partial charge in [-0.3, -0.25) is 4.68 Å². The molecule has 0 saturated heterocycles. The second-order valence-corrected chi connectivity index (χ2v) is 5.17. The molecule has 0 aliphatic rings. The number of rotatable bonds is 5. The van der Waals surface area contributed by atoms with Crippen LogP contribution in [0.1, 0.15) is 10.5 Å². The van der Waals surface area contributed by atoms with Crippen molar-refractivity contribution in [2.75, 3.05) is 20.5 Å². The summed E-state index contributed by atoms with van der Waals surface area (Å²) in [4.78, 5) is 11.4. The van der Waals surface area contributed by atoms with Crippen molar-refractivity contribution in [2.24, 2.45) is 7.05 Å². The fourth-order valence-electron chi connectivity index (χ4n) is 2.18. The van der Waals surface area contributed by atoms with E-state index >= 15 is 0 Å². The van der Waals surface area contributed by atoms with Crippen LogP contribution in [0.2, 0.25) is 0 Å². The third-order valence-electron chi connectivity index (χ3n) is 3.13. The molecule has 0 aliphatic heterocycles. The Morgan fingerprint density at radius 2 is 1.95 bits per heavy atom. The zero-order valence-electron chi connectivity index (χ0n) is 12.5. The van der Waals surface area contributed by atoms with Crippen LogP contribution in [0.5, 0.6) is 11.5 Å². The predicted octanol–water partition coefficient (Wildman–Crippen LogP) is 2.66. The molecular weight excluding hydrogens is 311 g/mol. The maximum atomic E-state index is 14.3. The first-order valence-corrected chi connectivity index (χ1v) is 7.43. The minimum absolute atomic E-state index is 0.132. The first kappa shape index (κ1) is 16.2. The summed E-state index contributed by atoms with van der Waals surface area (Å²) in [6.45, 7) is 0. The highest BCUT2D eigenvalue weighted by Crippen LogP contribution is 2.45. The fraction of sp³-hybridized carbons (Fsp3) is 0.286. The molecular formula is C14H15FN2O4S. The van der Waals surface area contributed by atoms with E-state index in [4.69, 9.17) is 14.6 Å². The number of hydrogen-bond acceptors (Lipinski definition) is 5. The van der Waals surface area contributed by atoms with Gasteiger partial charge in [-0.05, 0) is 18.4 Å². The van der Waals surface area contributed by atoms with E-state index in [1.165, 1.54) is 42.8 Å². The van der Waals surface area contributed by atoms with Gasteiger partial charge in [-0.2, -0.15) is 5.10 Å². The zero-order chi connectivity index (χ0) is 16.4. The summed E-state index contributed by atoms with van der Waals surface area (Å²) in [7, 11) is 4.44. The third kappa shape index (κ3) is 2.61. The van der Waals surface area contributed by atoms with E-state index in [2.05, 4.69) is 5.10 Å². The number of carboxylic acids is 1. The van der Waals surface area contributed by atoms with Crippen LogP contribution in [-0.2, 0) is 7.05 Å². The predicted molar refractivity (Wildman–Crippen MR) is 80.4 cm³/mol. The van der Waals surface area contributed by atoms with Crippen molar-refractivity contribution < 1.29 is 23.8 Å². The average molecular weight is 326 g/mol. The molecule has 0 radical (unpaired) electrons. The second-order valence-electron chi connectivity index (χ2n) is 4.35. The number of nitrogens with zero attached hydrogens (tertiary/aromatic N) is 2. The highest BCUT2D eigenvalue weighted by molar-refractivity contribution is 7.98. The normalized spacial score (nSPS) is 10.6. The molecule has 0 unspecified atom stereocenters. The number of carboxylic acid groups (broad SMARTS) is 1. The smallest absolute Gasteiger partial charge is 0.356 e. The Morgan fingerprint density at radius 3 is 2.41 bits per heavy atom. The van der Waals surface area contributed by atoms with E-state index in [-0.39, 0.29) is 11.4 Å². The summed E-state index contributed by atoms with van der Waals surface area (Å²) in [5.74, 6) is -1.04. The highest BCUT2D eigenvalue weighted by atomic mass is 32.2. The number of hydrogen-bond donors (Lipinski definition) is 1. The number of aromatic carboxylic acids is 1. The molecule has 0 bridgehead atoms. The van der Waals surface area contributed by atoms with Crippen LogP contribution < -0.4 is 9.47 Å². The maximum absolute atomic E-state index is 14.3. The van der Waals surface area contributed by atoms with Crippen LogP contribution in [0.3, 0.4) is 0 Å². The molecule has 1 N–H and O–H groups in total. The SMILES string of the molecule is COc1c(-c2cc(C(=O)O)nn2C)cc(F)c(SC)c1OC. The van der Waals surface area contributed by atoms with Crippen LogP contribution in [0.15, 0.2) is 17.0 Å². The molecule has 0 aliphatic carbocycles. The average Bonchev–Trinajstić information content (AvgIpc) is 2.88. The maximum Gasteiger partial charge on any atom is 0.356 e. The second kappa shape index (κ2) is 6.27. The van der Waals surface area contributed by atoms with Crippen molar-refractivity contribution >= 4 is 17.7 Å². The van der Waals surface area contributed by atoms with E-state index in [0.717, 1.165) is 0 Å². The molecule has 6 nitrogen and oxygen atoms in total. The van der Waals surface area contributed by atoms with Gasteiger partial charge in [0.05, 0.1) is 24.8 Å².